The molecule has 3 aromatic heterocycles. The lowest BCUT2D eigenvalue weighted by atomic mass is 9.85. The Bertz CT molecular complexity index is 1150. The zero-order chi connectivity index (χ0) is 25.1. The minimum atomic E-state index is -0.201. The number of rotatable bonds is 8. The minimum Gasteiger partial charge on any atom is -0.474 e. The summed E-state index contributed by atoms with van der Waals surface area (Å²) < 4.78 is 13.6. The molecule has 1 saturated heterocycles. The monoisotopic (exact) mass is 494 g/mol. The molecule has 0 spiro atoms. The molecule has 0 radical (unpaired) electrons. The van der Waals surface area contributed by atoms with Gasteiger partial charge in [0.15, 0.2) is 0 Å². The van der Waals surface area contributed by atoms with Crippen LogP contribution >= 0.6 is 0 Å². The first kappa shape index (κ1) is 24.9. The molecule has 2 aliphatic rings. The van der Waals surface area contributed by atoms with E-state index in [2.05, 4.69) is 33.3 Å². The van der Waals surface area contributed by atoms with E-state index in [-0.39, 0.29) is 18.2 Å². The summed E-state index contributed by atoms with van der Waals surface area (Å²) in [5.74, 6) is 1.58. The summed E-state index contributed by atoms with van der Waals surface area (Å²) in [6.07, 6.45) is 9.27. The van der Waals surface area contributed by atoms with Gasteiger partial charge in [0.2, 0.25) is 11.8 Å². The third-order valence-corrected chi connectivity index (χ3v) is 7.45. The number of methoxy groups -OCH3 is 1. The molecule has 0 unspecified atom stereocenters. The third-order valence-electron chi connectivity index (χ3n) is 7.45. The maximum Gasteiger partial charge on any atom is 0.241 e. The number of nitrogens with one attached hydrogen (secondary N) is 1. The highest BCUT2D eigenvalue weighted by atomic mass is 16.5. The van der Waals surface area contributed by atoms with Crippen LogP contribution in [-0.4, -0.2) is 81.7 Å². The molecule has 9 heteroatoms. The zero-order valence-electron chi connectivity index (χ0n) is 21.6. The van der Waals surface area contributed by atoms with E-state index in [9.17, 15) is 5.11 Å². The summed E-state index contributed by atoms with van der Waals surface area (Å²) >= 11 is 0. The highest BCUT2D eigenvalue weighted by molar-refractivity contribution is 5.81. The Kier molecular flexibility index (Phi) is 7.69. The molecule has 0 amide bonds. The van der Waals surface area contributed by atoms with Crippen LogP contribution < -0.4 is 10.1 Å². The van der Waals surface area contributed by atoms with E-state index in [0.29, 0.717) is 24.4 Å². The molecule has 4 heterocycles. The Balaban J connectivity index is 1.47. The highest BCUT2D eigenvalue weighted by Crippen LogP contribution is 2.38. The topological polar surface area (TPSA) is 97.0 Å². The fourth-order valence-corrected chi connectivity index (χ4v) is 5.40. The predicted octanol–water partition coefficient (Wildman–Crippen LogP) is 3.73. The number of hydrogen-bond donors (Lipinski definition) is 2. The Hall–Kier alpha value is -2.75. The van der Waals surface area contributed by atoms with Crippen LogP contribution in [0.15, 0.2) is 30.6 Å². The van der Waals surface area contributed by atoms with Gasteiger partial charge in [-0.25, -0.2) is 14.5 Å². The molecule has 194 valence electrons. The molecule has 3 aromatic rings. The van der Waals surface area contributed by atoms with Gasteiger partial charge in [0.1, 0.15) is 6.10 Å². The molecular formula is C27H38N6O3. The van der Waals surface area contributed by atoms with Gasteiger partial charge >= 0.3 is 0 Å². The Morgan fingerprint density at radius 1 is 1.11 bits per heavy atom. The summed E-state index contributed by atoms with van der Waals surface area (Å²) in [6, 6.07) is 6.39. The molecule has 36 heavy (non-hydrogen) atoms. The number of aromatic nitrogens is 4. The standard InChI is InChI=1S/C27H38N6O3/c1-18(17-35-3)30-27-29-16-25-23(15-24(33(25)31-27)19-4-6-21(34)7-5-19)20-8-11-28-26(14-20)36-22-9-12-32(2)13-10-22/h8,11,14-16,18-19,21-22,34H,4-7,9-10,12-13,17H2,1-3H3,(H,30,31)/t18-,19?,21?/m0/s1. The van der Waals surface area contributed by atoms with Crippen molar-refractivity contribution in [3.05, 3.63) is 36.3 Å². The Labute approximate surface area is 212 Å². The van der Waals surface area contributed by atoms with E-state index in [1.807, 2.05) is 36.0 Å². The van der Waals surface area contributed by atoms with Crippen LogP contribution in [0.1, 0.15) is 57.1 Å². The molecular weight excluding hydrogens is 456 g/mol. The number of ether oxygens (including phenoxy) is 2. The number of pyridine rings is 1. The summed E-state index contributed by atoms with van der Waals surface area (Å²) in [7, 11) is 3.84. The second-order valence-corrected chi connectivity index (χ2v) is 10.4. The van der Waals surface area contributed by atoms with Crippen LogP contribution in [0.3, 0.4) is 0 Å². The number of likely N-dealkylation sites (tertiary alicyclic amines) is 1. The molecule has 0 aromatic carbocycles. The number of piperidine rings is 1. The lowest BCUT2D eigenvalue weighted by molar-refractivity contribution is 0.110. The first-order valence-corrected chi connectivity index (χ1v) is 13.1. The van der Waals surface area contributed by atoms with Gasteiger partial charge in [-0.2, -0.15) is 0 Å². The van der Waals surface area contributed by atoms with Crippen LogP contribution in [-0.2, 0) is 4.74 Å². The first-order valence-electron chi connectivity index (χ1n) is 13.1. The fourth-order valence-electron chi connectivity index (χ4n) is 5.40. The van der Waals surface area contributed by atoms with Crippen molar-refractivity contribution in [2.24, 2.45) is 0 Å². The van der Waals surface area contributed by atoms with Crippen molar-refractivity contribution in [1.82, 2.24) is 24.5 Å². The average molecular weight is 495 g/mol. The lowest BCUT2D eigenvalue weighted by Gasteiger charge is -2.28. The van der Waals surface area contributed by atoms with Crippen LogP contribution in [0, 0.1) is 0 Å². The summed E-state index contributed by atoms with van der Waals surface area (Å²) in [6.45, 7) is 4.71. The second-order valence-electron chi connectivity index (χ2n) is 10.4. The lowest BCUT2D eigenvalue weighted by Crippen LogP contribution is -2.35. The molecule has 0 bridgehead atoms. The zero-order valence-corrected chi connectivity index (χ0v) is 21.6. The van der Waals surface area contributed by atoms with Crippen molar-refractivity contribution in [2.45, 2.75) is 69.6 Å². The number of anilines is 1. The van der Waals surface area contributed by atoms with E-state index in [0.717, 1.165) is 74.0 Å². The number of hydrogen-bond acceptors (Lipinski definition) is 8. The fraction of sp³-hybridized carbons (Fsp3) is 0.593. The molecule has 2 N–H and O–H groups in total. The van der Waals surface area contributed by atoms with E-state index in [4.69, 9.17) is 14.6 Å². The number of fused-ring (bicyclic) bond motifs is 1. The largest absolute Gasteiger partial charge is 0.474 e. The number of aliphatic hydroxyl groups is 1. The van der Waals surface area contributed by atoms with E-state index in [1.54, 1.807) is 7.11 Å². The SMILES string of the molecule is COC[C@H](C)Nc1ncc2c(-c3ccnc(OC4CCN(C)CC4)c3)cc(C3CCC(O)CC3)n2n1. The highest BCUT2D eigenvalue weighted by Gasteiger charge is 2.26. The molecule has 9 nitrogen and oxygen atoms in total. The molecule has 1 atom stereocenters. The van der Waals surface area contributed by atoms with E-state index < -0.39 is 0 Å². The van der Waals surface area contributed by atoms with Gasteiger partial charge in [-0.05, 0) is 70.2 Å². The predicted molar refractivity (Wildman–Crippen MR) is 140 cm³/mol. The van der Waals surface area contributed by atoms with Crippen molar-refractivity contribution in [3.63, 3.8) is 0 Å². The van der Waals surface area contributed by atoms with Crippen LogP contribution in [0.25, 0.3) is 16.6 Å². The van der Waals surface area contributed by atoms with Crippen molar-refractivity contribution >= 4 is 11.5 Å². The summed E-state index contributed by atoms with van der Waals surface area (Å²) in [5, 5.41) is 18.3. The van der Waals surface area contributed by atoms with Crippen molar-refractivity contribution in [3.8, 4) is 17.0 Å². The summed E-state index contributed by atoms with van der Waals surface area (Å²) in [4.78, 5) is 11.5. The smallest absolute Gasteiger partial charge is 0.241 e. The maximum absolute atomic E-state index is 10.1. The Morgan fingerprint density at radius 2 is 1.89 bits per heavy atom. The van der Waals surface area contributed by atoms with Crippen molar-refractivity contribution < 1.29 is 14.6 Å². The third kappa shape index (κ3) is 5.63. The van der Waals surface area contributed by atoms with Crippen LogP contribution in [0.4, 0.5) is 5.95 Å². The molecule has 5 rings (SSSR count). The minimum absolute atomic E-state index is 0.0928. The van der Waals surface area contributed by atoms with Crippen molar-refractivity contribution in [2.75, 3.05) is 39.2 Å². The Morgan fingerprint density at radius 3 is 2.64 bits per heavy atom. The van der Waals surface area contributed by atoms with E-state index in [1.165, 1.54) is 0 Å². The quantitative estimate of drug-likeness (QED) is 0.489. The van der Waals surface area contributed by atoms with Gasteiger partial charge in [-0.3, -0.25) is 0 Å². The number of nitrogens with zero attached hydrogens (tertiary/aromatic N) is 5. The molecule has 1 aliphatic heterocycles. The normalized spacial score (nSPS) is 22.6. The maximum atomic E-state index is 10.1. The van der Waals surface area contributed by atoms with Crippen LogP contribution in [0.5, 0.6) is 5.88 Å². The van der Waals surface area contributed by atoms with E-state index >= 15 is 0 Å². The molecule has 1 aliphatic carbocycles. The molecule has 1 saturated carbocycles. The van der Waals surface area contributed by atoms with Gasteiger partial charge in [0.05, 0.1) is 24.4 Å². The van der Waals surface area contributed by atoms with Gasteiger partial charge < -0.3 is 24.8 Å². The number of aliphatic hydroxyl groups excluding tert-OH is 1. The van der Waals surface area contributed by atoms with Gasteiger partial charge in [0, 0.05) is 55.7 Å². The first-order chi connectivity index (χ1) is 17.5. The van der Waals surface area contributed by atoms with Gasteiger partial charge in [0.25, 0.3) is 0 Å². The summed E-state index contributed by atoms with van der Waals surface area (Å²) in [5.41, 5.74) is 4.23. The van der Waals surface area contributed by atoms with Crippen LogP contribution in [0.2, 0.25) is 0 Å². The second kappa shape index (κ2) is 11.1. The average Bonchev–Trinajstić information content (AvgIpc) is 3.25. The van der Waals surface area contributed by atoms with Gasteiger partial charge in [-0.1, -0.05) is 0 Å². The van der Waals surface area contributed by atoms with Gasteiger partial charge in [-0.15, -0.1) is 5.10 Å². The molecule has 2 fully saturated rings. The van der Waals surface area contributed by atoms with Crippen molar-refractivity contribution in [1.29, 1.82) is 0 Å².